The molecule has 0 aromatic carbocycles. The first-order valence-corrected chi connectivity index (χ1v) is 5.46. The molecule has 1 heterocycles. The molecule has 2 amide bonds. The van der Waals surface area contributed by atoms with Crippen molar-refractivity contribution in [1.29, 1.82) is 0 Å². The molecule has 1 rings (SSSR count). The second kappa shape index (κ2) is 5.70. The monoisotopic (exact) mass is 213 g/mol. The van der Waals surface area contributed by atoms with Crippen LogP contribution in [0.1, 0.15) is 26.2 Å². The molecule has 86 valence electrons. The van der Waals surface area contributed by atoms with Crippen molar-refractivity contribution in [3.05, 3.63) is 0 Å². The van der Waals surface area contributed by atoms with Crippen LogP contribution in [0.4, 0.5) is 0 Å². The van der Waals surface area contributed by atoms with Crippen molar-refractivity contribution in [2.75, 3.05) is 19.6 Å². The summed E-state index contributed by atoms with van der Waals surface area (Å²) in [5, 5.41) is 2.73. The number of rotatable bonds is 3. The molecule has 0 bridgehead atoms. The highest BCUT2D eigenvalue weighted by molar-refractivity contribution is 5.83. The fourth-order valence-corrected chi connectivity index (χ4v) is 1.66. The number of hydrogen-bond acceptors (Lipinski definition) is 3. The van der Waals surface area contributed by atoms with Gasteiger partial charge in [-0.1, -0.05) is 13.3 Å². The van der Waals surface area contributed by atoms with Gasteiger partial charge in [0.2, 0.25) is 11.8 Å². The first kappa shape index (κ1) is 12.0. The van der Waals surface area contributed by atoms with Crippen LogP contribution in [0.25, 0.3) is 0 Å². The van der Waals surface area contributed by atoms with Gasteiger partial charge < -0.3 is 16.0 Å². The standard InChI is InChI=1S/C10H19N3O2/c1-2-3-8(11)10(15)13-6-4-9(14)12-5-7-13/h8H,2-7,11H2,1H3,(H,12,14)/t8-/m1/s1. The van der Waals surface area contributed by atoms with E-state index in [1.54, 1.807) is 4.90 Å². The predicted octanol–water partition coefficient (Wildman–Crippen LogP) is -0.538. The van der Waals surface area contributed by atoms with Crippen molar-refractivity contribution in [2.45, 2.75) is 32.2 Å². The fraction of sp³-hybridized carbons (Fsp3) is 0.800. The number of nitrogens with two attached hydrogens (primary N) is 1. The quantitative estimate of drug-likeness (QED) is 0.661. The van der Waals surface area contributed by atoms with Gasteiger partial charge in [-0.15, -0.1) is 0 Å². The smallest absolute Gasteiger partial charge is 0.239 e. The zero-order valence-electron chi connectivity index (χ0n) is 9.16. The fourth-order valence-electron chi connectivity index (χ4n) is 1.66. The van der Waals surface area contributed by atoms with E-state index in [-0.39, 0.29) is 11.8 Å². The van der Waals surface area contributed by atoms with Crippen molar-refractivity contribution in [3.8, 4) is 0 Å². The summed E-state index contributed by atoms with van der Waals surface area (Å²) in [5.74, 6) is -0.0253. The van der Waals surface area contributed by atoms with E-state index in [9.17, 15) is 9.59 Å². The molecule has 0 radical (unpaired) electrons. The van der Waals surface area contributed by atoms with Crippen molar-refractivity contribution < 1.29 is 9.59 Å². The lowest BCUT2D eigenvalue weighted by Crippen LogP contribution is -2.45. The van der Waals surface area contributed by atoms with E-state index in [1.807, 2.05) is 6.92 Å². The van der Waals surface area contributed by atoms with Crippen molar-refractivity contribution in [2.24, 2.45) is 5.73 Å². The Kier molecular flexibility index (Phi) is 4.55. The van der Waals surface area contributed by atoms with Crippen LogP contribution in [-0.2, 0) is 9.59 Å². The highest BCUT2D eigenvalue weighted by Gasteiger charge is 2.22. The minimum atomic E-state index is -0.414. The van der Waals surface area contributed by atoms with E-state index in [1.165, 1.54) is 0 Å². The van der Waals surface area contributed by atoms with Gasteiger partial charge in [0.25, 0.3) is 0 Å². The first-order chi connectivity index (χ1) is 7.15. The Bertz CT molecular complexity index is 243. The average molecular weight is 213 g/mol. The summed E-state index contributed by atoms with van der Waals surface area (Å²) < 4.78 is 0. The van der Waals surface area contributed by atoms with Crippen LogP contribution < -0.4 is 11.1 Å². The lowest BCUT2D eigenvalue weighted by atomic mass is 10.1. The van der Waals surface area contributed by atoms with Gasteiger partial charge >= 0.3 is 0 Å². The Morgan fingerprint density at radius 2 is 2.33 bits per heavy atom. The van der Waals surface area contributed by atoms with Gasteiger partial charge in [0, 0.05) is 26.1 Å². The van der Waals surface area contributed by atoms with Crippen molar-refractivity contribution >= 4 is 11.8 Å². The molecule has 0 aliphatic carbocycles. The summed E-state index contributed by atoms with van der Waals surface area (Å²) >= 11 is 0. The maximum atomic E-state index is 11.8. The SMILES string of the molecule is CCC[C@@H](N)C(=O)N1CCNC(=O)CC1. The number of carbonyl (C=O) groups excluding carboxylic acids is 2. The van der Waals surface area contributed by atoms with Crippen LogP contribution in [0, 0.1) is 0 Å². The largest absolute Gasteiger partial charge is 0.354 e. The summed E-state index contributed by atoms with van der Waals surface area (Å²) in [6.07, 6.45) is 1.99. The molecule has 0 unspecified atom stereocenters. The van der Waals surface area contributed by atoms with Gasteiger partial charge in [-0.2, -0.15) is 0 Å². The van der Waals surface area contributed by atoms with E-state index in [0.717, 1.165) is 6.42 Å². The van der Waals surface area contributed by atoms with E-state index in [4.69, 9.17) is 5.73 Å². The molecule has 5 nitrogen and oxygen atoms in total. The average Bonchev–Trinajstić information content (AvgIpc) is 2.42. The highest BCUT2D eigenvalue weighted by Crippen LogP contribution is 2.03. The second-order valence-electron chi connectivity index (χ2n) is 3.82. The van der Waals surface area contributed by atoms with Gasteiger partial charge in [-0.25, -0.2) is 0 Å². The summed E-state index contributed by atoms with van der Waals surface area (Å²) in [7, 11) is 0. The molecule has 1 atom stereocenters. The minimum absolute atomic E-state index is 0.00867. The molecular formula is C10H19N3O2. The molecule has 15 heavy (non-hydrogen) atoms. The van der Waals surface area contributed by atoms with Crippen molar-refractivity contribution in [1.82, 2.24) is 10.2 Å². The Hall–Kier alpha value is -1.10. The Morgan fingerprint density at radius 1 is 1.60 bits per heavy atom. The summed E-state index contributed by atoms with van der Waals surface area (Å²) in [6.45, 7) is 3.59. The first-order valence-electron chi connectivity index (χ1n) is 5.46. The van der Waals surface area contributed by atoms with Crippen LogP contribution in [0.3, 0.4) is 0 Å². The van der Waals surface area contributed by atoms with Crippen molar-refractivity contribution in [3.63, 3.8) is 0 Å². The van der Waals surface area contributed by atoms with Gasteiger partial charge in [-0.05, 0) is 6.42 Å². The van der Waals surface area contributed by atoms with Crippen LogP contribution in [-0.4, -0.2) is 42.4 Å². The van der Waals surface area contributed by atoms with Gasteiger partial charge in [0.15, 0.2) is 0 Å². The minimum Gasteiger partial charge on any atom is -0.354 e. The topological polar surface area (TPSA) is 75.4 Å². The lowest BCUT2D eigenvalue weighted by molar-refractivity contribution is -0.132. The molecule has 0 saturated carbocycles. The van der Waals surface area contributed by atoms with E-state index in [2.05, 4.69) is 5.32 Å². The van der Waals surface area contributed by atoms with E-state index >= 15 is 0 Å². The number of nitrogens with one attached hydrogen (secondary N) is 1. The molecule has 0 aromatic rings. The van der Waals surface area contributed by atoms with Crippen LogP contribution in [0.15, 0.2) is 0 Å². The number of nitrogens with zero attached hydrogens (tertiary/aromatic N) is 1. The normalized spacial score (nSPS) is 19.3. The highest BCUT2D eigenvalue weighted by atomic mass is 16.2. The predicted molar refractivity (Wildman–Crippen MR) is 57.1 cm³/mol. The second-order valence-corrected chi connectivity index (χ2v) is 3.82. The maximum absolute atomic E-state index is 11.8. The molecule has 1 saturated heterocycles. The molecule has 1 aliphatic rings. The van der Waals surface area contributed by atoms with E-state index in [0.29, 0.717) is 32.5 Å². The number of hydrogen-bond donors (Lipinski definition) is 2. The zero-order valence-corrected chi connectivity index (χ0v) is 9.16. The molecule has 5 heteroatoms. The third-order valence-corrected chi connectivity index (χ3v) is 2.54. The summed E-state index contributed by atoms with van der Waals surface area (Å²) in [6, 6.07) is -0.414. The molecule has 1 fully saturated rings. The summed E-state index contributed by atoms with van der Waals surface area (Å²) in [4.78, 5) is 24.6. The van der Waals surface area contributed by atoms with Gasteiger partial charge in [0.1, 0.15) is 0 Å². The third-order valence-electron chi connectivity index (χ3n) is 2.54. The Balaban J connectivity index is 2.47. The van der Waals surface area contributed by atoms with Gasteiger partial charge in [0.05, 0.1) is 6.04 Å². The Labute approximate surface area is 90.0 Å². The Morgan fingerprint density at radius 3 is 3.00 bits per heavy atom. The van der Waals surface area contributed by atoms with E-state index < -0.39 is 6.04 Å². The van der Waals surface area contributed by atoms with Crippen LogP contribution in [0.2, 0.25) is 0 Å². The summed E-state index contributed by atoms with van der Waals surface area (Å²) in [5.41, 5.74) is 5.75. The zero-order chi connectivity index (χ0) is 11.3. The molecule has 1 aliphatic heterocycles. The third kappa shape index (κ3) is 3.51. The maximum Gasteiger partial charge on any atom is 0.239 e. The number of amides is 2. The number of carbonyl (C=O) groups is 2. The molecule has 0 aromatic heterocycles. The lowest BCUT2D eigenvalue weighted by Gasteiger charge is -2.23. The van der Waals surface area contributed by atoms with Crippen LogP contribution >= 0.6 is 0 Å². The molecular weight excluding hydrogens is 194 g/mol. The van der Waals surface area contributed by atoms with Gasteiger partial charge in [-0.3, -0.25) is 9.59 Å². The molecule has 0 spiro atoms. The molecule has 3 N–H and O–H groups in total. The van der Waals surface area contributed by atoms with Crippen LogP contribution in [0.5, 0.6) is 0 Å².